The van der Waals surface area contributed by atoms with E-state index in [1.807, 2.05) is 27.7 Å². The van der Waals surface area contributed by atoms with Crippen LogP contribution in [0.4, 0.5) is 0 Å². The van der Waals surface area contributed by atoms with E-state index in [4.69, 9.17) is 11.2 Å². The number of unbranched alkanes of at least 4 members (excludes halogenated alkanes) is 1. The van der Waals surface area contributed by atoms with E-state index in [-0.39, 0.29) is 36.8 Å². The van der Waals surface area contributed by atoms with Gasteiger partial charge >= 0.3 is 0 Å². The third-order valence-electron chi connectivity index (χ3n) is 5.55. The minimum absolute atomic E-state index is 0.0246. The lowest BCUT2D eigenvalue weighted by Crippen LogP contribution is -2.54. The second-order valence-corrected chi connectivity index (χ2v) is 9.63. The highest BCUT2D eigenvalue weighted by Gasteiger charge is 2.40. The van der Waals surface area contributed by atoms with E-state index in [0.717, 1.165) is 0 Å². The van der Waals surface area contributed by atoms with Crippen molar-refractivity contribution in [2.45, 2.75) is 105 Å². The van der Waals surface area contributed by atoms with Gasteiger partial charge in [0.1, 0.15) is 6.04 Å². The normalized spacial score (nSPS) is 17.2. The number of hydrogen-bond donors (Lipinski definition) is 2. The van der Waals surface area contributed by atoms with Gasteiger partial charge < -0.3 is 20.3 Å². The van der Waals surface area contributed by atoms with E-state index in [0.29, 0.717) is 19.4 Å². The molecule has 0 aliphatic carbocycles. The standard InChI is InChI=1S/C19H27N3O4.C5H12O.C4H10/c1-5-8-9-14(17(24)19(26)20-11-6-2)21-18(25)16-13(4)10-12-22(16)15(23)7-3;1-5(2,3)6-4;1-3-4-2/h1,6,13-14,16H,2,7-12H2,3-4H3,(H,20,26)(H,21,25);1-4H3;3-4H2,1-2H3. The predicted octanol–water partition coefficient (Wildman–Crippen LogP) is 3.64. The van der Waals surface area contributed by atoms with Crippen molar-refractivity contribution < 1.29 is 23.9 Å². The van der Waals surface area contributed by atoms with Crippen LogP contribution in [0, 0.1) is 18.3 Å². The molecule has 8 nitrogen and oxygen atoms in total. The summed E-state index contributed by atoms with van der Waals surface area (Å²) in [6, 6.07) is -1.66. The van der Waals surface area contributed by atoms with Crippen LogP contribution in [-0.2, 0) is 23.9 Å². The minimum atomic E-state index is -1.02. The minimum Gasteiger partial charge on any atom is -0.379 e. The van der Waals surface area contributed by atoms with Gasteiger partial charge in [0.2, 0.25) is 17.6 Å². The third kappa shape index (κ3) is 14.7. The molecule has 1 aliphatic rings. The van der Waals surface area contributed by atoms with Crippen LogP contribution in [0.2, 0.25) is 0 Å². The molecule has 0 radical (unpaired) electrons. The van der Waals surface area contributed by atoms with Crippen molar-refractivity contribution >= 4 is 23.5 Å². The molecule has 0 aromatic carbocycles. The zero-order valence-corrected chi connectivity index (χ0v) is 23.7. The van der Waals surface area contributed by atoms with Crippen molar-refractivity contribution in [2.75, 3.05) is 20.2 Å². The SMILES string of the molecule is C#CCCC(NC(=O)C1C(C)CCN1C(=O)CC)C(=O)C(=O)NCC=C.CCCC.COC(C)(C)C. The lowest BCUT2D eigenvalue weighted by molar-refractivity contribution is -0.142. The topological polar surface area (TPSA) is 105 Å². The van der Waals surface area contributed by atoms with Crippen molar-refractivity contribution in [2.24, 2.45) is 5.92 Å². The summed E-state index contributed by atoms with van der Waals surface area (Å²) in [5, 5.41) is 5.03. The molecule has 1 aliphatic heterocycles. The molecule has 8 heteroatoms. The zero-order chi connectivity index (χ0) is 28.3. The van der Waals surface area contributed by atoms with Crippen LogP contribution in [0.15, 0.2) is 12.7 Å². The first-order chi connectivity index (χ1) is 16.8. The smallest absolute Gasteiger partial charge is 0.289 e. The van der Waals surface area contributed by atoms with Crippen molar-refractivity contribution in [1.82, 2.24) is 15.5 Å². The maximum Gasteiger partial charge on any atom is 0.289 e. The maximum absolute atomic E-state index is 12.7. The number of hydrogen-bond acceptors (Lipinski definition) is 5. The Morgan fingerprint density at radius 3 is 2.17 bits per heavy atom. The highest BCUT2D eigenvalue weighted by atomic mass is 16.5. The number of likely N-dealkylation sites (tertiary alicyclic amines) is 1. The molecule has 3 unspecified atom stereocenters. The zero-order valence-electron chi connectivity index (χ0n) is 23.7. The van der Waals surface area contributed by atoms with Gasteiger partial charge in [-0.1, -0.05) is 46.6 Å². The fourth-order valence-electron chi connectivity index (χ4n) is 2.99. The molecule has 1 fully saturated rings. The fourth-order valence-corrected chi connectivity index (χ4v) is 2.99. The molecule has 1 rings (SSSR count). The van der Waals surface area contributed by atoms with Crippen LogP contribution in [0.25, 0.3) is 0 Å². The fraction of sp³-hybridized carbons (Fsp3) is 0.714. The average Bonchev–Trinajstić information content (AvgIpc) is 3.25. The number of nitrogens with zero attached hydrogens (tertiary/aromatic N) is 1. The van der Waals surface area contributed by atoms with Gasteiger partial charge in [-0.05, 0) is 39.5 Å². The van der Waals surface area contributed by atoms with Crippen LogP contribution in [-0.4, -0.2) is 66.3 Å². The van der Waals surface area contributed by atoms with E-state index in [9.17, 15) is 19.2 Å². The Hall–Kier alpha value is -2.66. The summed E-state index contributed by atoms with van der Waals surface area (Å²) in [6.45, 7) is 18.2. The van der Waals surface area contributed by atoms with E-state index in [1.165, 1.54) is 18.9 Å². The van der Waals surface area contributed by atoms with E-state index >= 15 is 0 Å². The molecule has 1 saturated heterocycles. The summed E-state index contributed by atoms with van der Waals surface area (Å²) in [7, 11) is 1.71. The second kappa shape index (κ2) is 19.5. The molecule has 36 heavy (non-hydrogen) atoms. The van der Waals surface area contributed by atoms with Crippen molar-refractivity contribution in [3.63, 3.8) is 0 Å². The summed E-state index contributed by atoms with van der Waals surface area (Å²) in [5.74, 6) is 0.295. The van der Waals surface area contributed by atoms with Gasteiger partial charge in [-0.25, -0.2) is 0 Å². The van der Waals surface area contributed by atoms with Gasteiger partial charge in [0.15, 0.2) is 0 Å². The molecular formula is C28H49N3O5. The number of rotatable bonds is 10. The highest BCUT2D eigenvalue weighted by Crippen LogP contribution is 2.25. The average molecular weight is 508 g/mol. The lowest BCUT2D eigenvalue weighted by Gasteiger charge is -2.27. The lowest BCUT2D eigenvalue weighted by atomic mass is 10.00. The summed E-state index contributed by atoms with van der Waals surface area (Å²) < 4.78 is 4.94. The van der Waals surface area contributed by atoms with Gasteiger partial charge in [0, 0.05) is 33.0 Å². The Balaban J connectivity index is 0. The molecule has 3 atom stereocenters. The molecule has 0 aromatic rings. The number of nitrogens with one attached hydrogen (secondary N) is 2. The van der Waals surface area contributed by atoms with Gasteiger partial charge in [-0.2, -0.15) is 0 Å². The first kappa shape index (κ1) is 35.5. The van der Waals surface area contributed by atoms with Gasteiger partial charge in [-0.15, -0.1) is 18.9 Å². The molecule has 0 aromatic heterocycles. The number of terminal acetylenes is 1. The Kier molecular flexibility index (Phi) is 19.2. The summed E-state index contributed by atoms with van der Waals surface area (Å²) in [5.41, 5.74) is 0.0417. The molecular weight excluding hydrogens is 458 g/mol. The molecule has 3 amide bonds. The van der Waals surface area contributed by atoms with Gasteiger partial charge in [-0.3, -0.25) is 19.2 Å². The van der Waals surface area contributed by atoms with Crippen LogP contribution >= 0.6 is 0 Å². The van der Waals surface area contributed by atoms with Gasteiger partial charge in [0.25, 0.3) is 5.91 Å². The number of Topliss-reactive ketones (excluding diaryl/α,β-unsaturated/α-hetero) is 1. The second-order valence-electron chi connectivity index (χ2n) is 9.63. The number of carbonyl (C=O) groups is 4. The number of amides is 3. The van der Waals surface area contributed by atoms with Crippen LogP contribution < -0.4 is 10.6 Å². The largest absolute Gasteiger partial charge is 0.379 e. The van der Waals surface area contributed by atoms with Crippen molar-refractivity contribution in [3.05, 3.63) is 12.7 Å². The summed E-state index contributed by atoms with van der Waals surface area (Å²) >= 11 is 0. The number of ketones is 1. The Morgan fingerprint density at radius 1 is 1.19 bits per heavy atom. The molecule has 0 bridgehead atoms. The Labute approximate surface area is 219 Å². The highest BCUT2D eigenvalue weighted by molar-refractivity contribution is 6.38. The first-order valence-corrected chi connectivity index (χ1v) is 12.9. The quantitative estimate of drug-likeness (QED) is 0.267. The van der Waals surface area contributed by atoms with E-state index < -0.39 is 29.7 Å². The number of methoxy groups -OCH3 is 1. The summed E-state index contributed by atoms with van der Waals surface area (Å²) in [6.07, 6.45) is 10.8. The van der Waals surface area contributed by atoms with Crippen LogP contribution in [0.5, 0.6) is 0 Å². The maximum atomic E-state index is 12.7. The van der Waals surface area contributed by atoms with E-state index in [2.05, 4.69) is 37.0 Å². The predicted molar refractivity (Wildman–Crippen MR) is 145 cm³/mol. The molecule has 2 N–H and O–H groups in total. The van der Waals surface area contributed by atoms with E-state index in [1.54, 1.807) is 18.9 Å². The molecule has 1 heterocycles. The Bertz CT molecular complexity index is 734. The number of carbonyl (C=O) groups excluding carboxylic acids is 4. The molecule has 206 valence electrons. The monoisotopic (exact) mass is 507 g/mol. The summed E-state index contributed by atoms with van der Waals surface area (Å²) in [4.78, 5) is 50.6. The third-order valence-corrected chi connectivity index (χ3v) is 5.55. The van der Waals surface area contributed by atoms with Crippen LogP contribution in [0.3, 0.4) is 0 Å². The first-order valence-electron chi connectivity index (χ1n) is 12.9. The van der Waals surface area contributed by atoms with Gasteiger partial charge in [0.05, 0.1) is 11.6 Å². The van der Waals surface area contributed by atoms with Crippen molar-refractivity contribution in [1.29, 1.82) is 0 Å². The molecule has 0 spiro atoms. The van der Waals surface area contributed by atoms with Crippen LogP contribution in [0.1, 0.15) is 87.0 Å². The molecule has 0 saturated carbocycles. The Morgan fingerprint density at radius 2 is 1.75 bits per heavy atom. The van der Waals surface area contributed by atoms with Crippen molar-refractivity contribution in [3.8, 4) is 12.3 Å². The number of ether oxygens (including phenoxy) is 1.